The van der Waals surface area contributed by atoms with Crippen LogP contribution in [0.25, 0.3) is 11.3 Å². The number of nitrogens with zero attached hydrogens (tertiary/aromatic N) is 2. The second-order valence-corrected chi connectivity index (χ2v) is 5.04. The monoisotopic (exact) mass is 369 g/mol. The topological polar surface area (TPSA) is 78.3 Å². The van der Waals surface area contributed by atoms with Crippen LogP contribution in [0.5, 0.6) is 11.5 Å². The van der Waals surface area contributed by atoms with Crippen LogP contribution in [0.15, 0.2) is 30.5 Å². The Kier molecular flexibility index (Phi) is 4.33. The van der Waals surface area contributed by atoms with E-state index in [0.29, 0.717) is 5.56 Å². The fraction of sp³-hybridized carbons (Fsp3) is 0. The molecule has 0 unspecified atom stereocenters. The standard InChI is InChI=1S/C16H8F5N3O2/c17-10-11(18)13(20)15(14(21)12(10)19)24-16-22-4-3-7(23-16)6-1-2-8(25)9(26)5-6/h1-5,25-26H,(H,22,23,24). The van der Waals surface area contributed by atoms with Crippen LogP contribution >= 0.6 is 0 Å². The Balaban J connectivity index is 2.01. The van der Waals surface area contributed by atoms with Gasteiger partial charge in [-0.05, 0) is 24.3 Å². The predicted octanol–water partition coefficient (Wildman–Crippen LogP) is 3.99. The van der Waals surface area contributed by atoms with E-state index in [1.54, 1.807) is 0 Å². The van der Waals surface area contributed by atoms with Crippen LogP contribution in [0.4, 0.5) is 33.6 Å². The molecule has 26 heavy (non-hydrogen) atoms. The number of benzene rings is 2. The summed E-state index contributed by atoms with van der Waals surface area (Å²) in [6.45, 7) is 0. The van der Waals surface area contributed by atoms with E-state index in [4.69, 9.17) is 0 Å². The minimum Gasteiger partial charge on any atom is -0.504 e. The van der Waals surface area contributed by atoms with Gasteiger partial charge in [-0.1, -0.05) is 0 Å². The van der Waals surface area contributed by atoms with E-state index in [0.717, 1.165) is 0 Å². The summed E-state index contributed by atoms with van der Waals surface area (Å²) in [6.07, 6.45) is 1.17. The Hall–Kier alpha value is -3.43. The quantitative estimate of drug-likeness (QED) is 0.282. The first-order valence-corrected chi connectivity index (χ1v) is 6.93. The molecule has 0 amide bonds. The summed E-state index contributed by atoms with van der Waals surface area (Å²) in [6, 6.07) is 5.11. The first-order chi connectivity index (χ1) is 12.3. The Labute approximate surface area is 142 Å². The predicted molar refractivity (Wildman–Crippen MR) is 80.3 cm³/mol. The maximum atomic E-state index is 13.7. The molecule has 0 spiro atoms. The van der Waals surface area contributed by atoms with E-state index in [1.807, 2.05) is 5.32 Å². The normalized spacial score (nSPS) is 10.8. The van der Waals surface area contributed by atoms with Crippen LogP contribution in [-0.4, -0.2) is 20.2 Å². The van der Waals surface area contributed by atoms with Crippen molar-refractivity contribution in [3.8, 4) is 22.8 Å². The number of aromatic nitrogens is 2. The van der Waals surface area contributed by atoms with Crippen LogP contribution in [-0.2, 0) is 0 Å². The van der Waals surface area contributed by atoms with E-state index in [9.17, 15) is 32.2 Å². The van der Waals surface area contributed by atoms with Gasteiger partial charge in [-0.25, -0.2) is 31.9 Å². The lowest BCUT2D eigenvalue weighted by Crippen LogP contribution is -2.08. The fourth-order valence-electron chi connectivity index (χ4n) is 2.09. The van der Waals surface area contributed by atoms with Gasteiger partial charge in [0.2, 0.25) is 11.8 Å². The lowest BCUT2D eigenvalue weighted by Gasteiger charge is -2.10. The van der Waals surface area contributed by atoms with Gasteiger partial charge < -0.3 is 15.5 Å². The maximum absolute atomic E-state index is 13.7. The van der Waals surface area contributed by atoms with Crippen molar-refractivity contribution in [1.82, 2.24) is 9.97 Å². The SMILES string of the molecule is Oc1ccc(-c2ccnc(Nc3c(F)c(F)c(F)c(F)c3F)n2)cc1O. The van der Waals surface area contributed by atoms with Crippen LogP contribution in [0, 0.1) is 29.1 Å². The molecule has 3 rings (SSSR count). The van der Waals surface area contributed by atoms with E-state index in [1.165, 1.54) is 30.5 Å². The van der Waals surface area contributed by atoms with Gasteiger partial charge in [-0.2, -0.15) is 0 Å². The molecule has 1 aromatic heterocycles. The minimum absolute atomic E-state index is 0.154. The second-order valence-electron chi connectivity index (χ2n) is 5.04. The molecule has 134 valence electrons. The Bertz CT molecular complexity index is 984. The number of rotatable bonds is 3. The van der Waals surface area contributed by atoms with Crippen molar-refractivity contribution in [3.05, 3.63) is 59.5 Å². The summed E-state index contributed by atoms with van der Waals surface area (Å²) >= 11 is 0. The van der Waals surface area contributed by atoms with Gasteiger partial charge in [0.25, 0.3) is 0 Å². The summed E-state index contributed by atoms with van der Waals surface area (Å²) in [7, 11) is 0. The lowest BCUT2D eigenvalue weighted by molar-refractivity contribution is 0.382. The summed E-state index contributed by atoms with van der Waals surface area (Å²) in [4.78, 5) is 7.54. The Morgan fingerprint density at radius 2 is 1.38 bits per heavy atom. The average Bonchev–Trinajstić information content (AvgIpc) is 2.64. The molecule has 2 aromatic carbocycles. The highest BCUT2D eigenvalue weighted by molar-refractivity contribution is 5.65. The molecule has 0 fully saturated rings. The smallest absolute Gasteiger partial charge is 0.227 e. The van der Waals surface area contributed by atoms with Gasteiger partial charge in [-0.3, -0.25) is 0 Å². The molecule has 0 saturated heterocycles. The van der Waals surface area contributed by atoms with E-state index in [2.05, 4.69) is 9.97 Å². The summed E-state index contributed by atoms with van der Waals surface area (Å²) in [5.41, 5.74) is -0.836. The third-order valence-corrected chi connectivity index (χ3v) is 3.37. The average molecular weight is 369 g/mol. The molecule has 3 N–H and O–H groups in total. The zero-order valence-electron chi connectivity index (χ0n) is 12.6. The van der Waals surface area contributed by atoms with Gasteiger partial charge >= 0.3 is 0 Å². The van der Waals surface area contributed by atoms with E-state index in [-0.39, 0.29) is 11.4 Å². The van der Waals surface area contributed by atoms with Crippen molar-refractivity contribution >= 4 is 11.6 Å². The molecule has 0 bridgehead atoms. The molecule has 0 aliphatic heterocycles. The van der Waals surface area contributed by atoms with Crippen molar-refractivity contribution in [3.63, 3.8) is 0 Å². The van der Waals surface area contributed by atoms with Gasteiger partial charge in [0.05, 0.1) is 5.69 Å². The van der Waals surface area contributed by atoms with E-state index < -0.39 is 46.5 Å². The zero-order chi connectivity index (χ0) is 19.0. The molecule has 5 nitrogen and oxygen atoms in total. The first-order valence-electron chi connectivity index (χ1n) is 6.93. The molecule has 10 heteroatoms. The van der Waals surface area contributed by atoms with Crippen molar-refractivity contribution < 1.29 is 32.2 Å². The van der Waals surface area contributed by atoms with Crippen LogP contribution < -0.4 is 5.32 Å². The number of aromatic hydroxyl groups is 2. The number of hydrogen-bond acceptors (Lipinski definition) is 5. The molecule has 0 saturated carbocycles. The first kappa shape index (κ1) is 17.4. The zero-order valence-corrected chi connectivity index (χ0v) is 12.6. The Morgan fingerprint density at radius 3 is 2.00 bits per heavy atom. The fourth-order valence-corrected chi connectivity index (χ4v) is 2.09. The van der Waals surface area contributed by atoms with Gasteiger partial charge in [0.15, 0.2) is 34.8 Å². The third kappa shape index (κ3) is 2.96. The molecule has 3 aromatic rings. The molecule has 0 aliphatic rings. The molecular formula is C16H8F5N3O2. The second kappa shape index (κ2) is 6.47. The van der Waals surface area contributed by atoms with Crippen molar-refractivity contribution in [2.24, 2.45) is 0 Å². The summed E-state index contributed by atoms with van der Waals surface area (Å²) in [5, 5.41) is 20.7. The number of nitrogens with one attached hydrogen (secondary N) is 1. The molecule has 0 aliphatic carbocycles. The van der Waals surface area contributed by atoms with Crippen LogP contribution in [0.2, 0.25) is 0 Å². The van der Waals surface area contributed by atoms with Crippen molar-refractivity contribution in [2.45, 2.75) is 0 Å². The Morgan fingerprint density at radius 1 is 0.769 bits per heavy atom. The number of phenolic OH excluding ortho intramolecular Hbond substituents is 2. The molecule has 1 heterocycles. The van der Waals surface area contributed by atoms with Gasteiger partial charge in [0.1, 0.15) is 5.69 Å². The lowest BCUT2D eigenvalue weighted by atomic mass is 10.1. The number of halogens is 5. The highest BCUT2D eigenvalue weighted by Gasteiger charge is 2.26. The van der Waals surface area contributed by atoms with E-state index >= 15 is 0 Å². The number of anilines is 2. The van der Waals surface area contributed by atoms with Crippen LogP contribution in [0.3, 0.4) is 0 Å². The summed E-state index contributed by atoms with van der Waals surface area (Å²) < 4.78 is 67.0. The summed E-state index contributed by atoms with van der Waals surface area (Å²) in [5.74, 6) is -11.9. The minimum atomic E-state index is -2.28. The molecule has 0 radical (unpaired) electrons. The largest absolute Gasteiger partial charge is 0.504 e. The maximum Gasteiger partial charge on any atom is 0.227 e. The number of phenols is 2. The van der Waals surface area contributed by atoms with Crippen LogP contribution in [0.1, 0.15) is 0 Å². The van der Waals surface area contributed by atoms with Gasteiger partial charge in [0, 0.05) is 11.8 Å². The van der Waals surface area contributed by atoms with Gasteiger partial charge in [-0.15, -0.1) is 0 Å². The van der Waals surface area contributed by atoms with Crippen molar-refractivity contribution in [1.29, 1.82) is 0 Å². The van der Waals surface area contributed by atoms with Crippen molar-refractivity contribution in [2.75, 3.05) is 5.32 Å². The highest BCUT2D eigenvalue weighted by Crippen LogP contribution is 2.31. The highest BCUT2D eigenvalue weighted by atomic mass is 19.2. The molecule has 0 atom stereocenters. The number of hydrogen-bond donors (Lipinski definition) is 3. The molecular weight excluding hydrogens is 361 g/mol. The third-order valence-electron chi connectivity index (χ3n) is 3.37.